The lowest BCUT2D eigenvalue weighted by molar-refractivity contribution is 0.104. The number of benzene rings is 4. The second-order valence-electron chi connectivity index (χ2n) is 12.0. The molecule has 4 aromatic carbocycles. The van der Waals surface area contributed by atoms with E-state index in [1.807, 2.05) is 18.2 Å². The Hall–Kier alpha value is -4.10. The Balaban J connectivity index is 0.000000845. The predicted octanol–water partition coefficient (Wildman–Crippen LogP) is 4.46. The average Bonchev–Trinajstić information content (AvgIpc) is 3.02. The molecule has 1 N–H and O–H groups in total. The summed E-state index contributed by atoms with van der Waals surface area (Å²) >= 11 is 0. The van der Waals surface area contributed by atoms with Gasteiger partial charge in [-0.2, -0.15) is 8.42 Å². The van der Waals surface area contributed by atoms with Crippen molar-refractivity contribution in [3.8, 4) is 0 Å². The Kier molecular flexibility index (Phi) is 8.02. The summed E-state index contributed by atoms with van der Waals surface area (Å²) in [5.74, 6) is 0.0795. The van der Waals surface area contributed by atoms with Gasteiger partial charge in [0.25, 0.3) is 10.1 Å². The van der Waals surface area contributed by atoms with Crippen molar-refractivity contribution in [2.75, 3.05) is 22.9 Å². The average molecular weight is 661 g/mol. The summed E-state index contributed by atoms with van der Waals surface area (Å²) in [4.78, 5) is 18.3. The molecule has 9 nitrogen and oxygen atoms in total. The third kappa shape index (κ3) is 5.74. The van der Waals surface area contributed by atoms with Crippen LogP contribution < -0.4 is 20.2 Å². The molecule has 0 atom stereocenters. The fraction of sp³-hybridized carbons (Fsp3) is 0.242. The van der Waals surface area contributed by atoms with Gasteiger partial charge in [-0.3, -0.25) is 9.35 Å². The first-order valence-electron chi connectivity index (χ1n) is 14.7. The molecule has 3 heterocycles. The first-order valence-corrected chi connectivity index (χ1v) is 20.1. The smallest absolute Gasteiger partial charge is 0.341 e. The van der Waals surface area contributed by atoms with E-state index in [2.05, 4.69) is 65.4 Å². The summed E-state index contributed by atoms with van der Waals surface area (Å²) in [6.45, 7) is 6.41. The Morgan fingerprint density at radius 3 is 1.78 bits per heavy atom. The van der Waals surface area contributed by atoms with Crippen LogP contribution >= 0.6 is 0 Å². The quantitative estimate of drug-likeness (QED) is 0.250. The van der Waals surface area contributed by atoms with Gasteiger partial charge in [0.1, 0.15) is 8.07 Å². The predicted molar refractivity (Wildman–Crippen MR) is 176 cm³/mol. The highest BCUT2D eigenvalue weighted by atomic mass is 32.2. The standard InChI is InChI=1S/C33H32N2O4SSi.O3S/c1-41(2)31-20-24(34-17-5-8-22-7-3-4-10-29(22)34)11-14-27(31)33(36)28-15-12-25(21-32(28)41)35-18-6-9-23-19-26(40(37,38)39)13-16-30(23)35;1-4(2)3/h3-4,7,10-16,19-21H,5-6,8-9,17-18H2,1-2H3,(H,37,38,39);. The van der Waals surface area contributed by atoms with Crippen molar-refractivity contribution < 1.29 is 30.4 Å². The molecule has 0 radical (unpaired) electrons. The molecule has 0 saturated heterocycles. The van der Waals surface area contributed by atoms with E-state index < -0.39 is 28.8 Å². The minimum absolute atomic E-state index is 0.0774. The molecular weight excluding hydrogens is 629 g/mol. The number of hydrogen-bond donors (Lipinski definition) is 1. The number of anilines is 4. The molecule has 7 rings (SSSR count). The summed E-state index contributed by atoms with van der Waals surface area (Å²) in [6.07, 6.45) is 3.79. The van der Waals surface area contributed by atoms with Gasteiger partial charge in [-0.15, -0.1) is 12.6 Å². The maximum absolute atomic E-state index is 13.8. The first-order chi connectivity index (χ1) is 21.4. The summed E-state index contributed by atoms with van der Waals surface area (Å²) < 4.78 is 58.3. The van der Waals surface area contributed by atoms with Crippen LogP contribution in [0.25, 0.3) is 0 Å². The lowest BCUT2D eigenvalue weighted by Crippen LogP contribution is -2.60. The third-order valence-corrected chi connectivity index (χ3v) is 13.4. The van der Waals surface area contributed by atoms with E-state index in [4.69, 9.17) is 12.6 Å². The van der Waals surface area contributed by atoms with Crippen molar-refractivity contribution in [2.45, 2.75) is 43.7 Å². The van der Waals surface area contributed by atoms with Gasteiger partial charge in [0.15, 0.2) is 5.78 Å². The molecule has 12 heteroatoms. The molecule has 0 unspecified atom stereocenters. The van der Waals surface area contributed by atoms with Crippen molar-refractivity contribution in [3.05, 3.63) is 101 Å². The topological polar surface area (TPSA) is 129 Å². The van der Waals surface area contributed by atoms with Gasteiger partial charge in [0, 0.05) is 47.0 Å². The van der Waals surface area contributed by atoms with Gasteiger partial charge < -0.3 is 9.80 Å². The second kappa shape index (κ2) is 11.7. The van der Waals surface area contributed by atoms with Gasteiger partial charge in [-0.25, -0.2) is 0 Å². The maximum Gasteiger partial charge on any atom is 0.425 e. The Labute approximate surface area is 265 Å². The van der Waals surface area contributed by atoms with Gasteiger partial charge in [0.05, 0.1) is 4.90 Å². The number of carbonyl (C=O) groups is 1. The molecule has 3 aliphatic rings. The number of carbonyl (C=O) groups excluding carboxylic acids is 1. The van der Waals surface area contributed by atoms with E-state index in [1.165, 1.54) is 22.5 Å². The number of ketones is 1. The second-order valence-corrected chi connectivity index (χ2v) is 18.2. The van der Waals surface area contributed by atoms with E-state index in [0.717, 1.165) is 77.7 Å². The fourth-order valence-corrected chi connectivity index (χ4v) is 10.5. The summed E-state index contributed by atoms with van der Waals surface area (Å²) in [5, 5.41) is 2.30. The van der Waals surface area contributed by atoms with E-state index in [9.17, 15) is 17.8 Å². The number of rotatable bonds is 3. The molecular formula is C33H32N2O7S2Si. The SMILES string of the molecule is C[Si]1(C)c2cc(N3CCCc4ccccc43)ccc2C(=O)c2ccc(N3CCCc4cc(S(=O)(=O)O)ccc43)cc21.O=S(=O)=O. The van der Waals surface area contributed by atoms with Crippen molar-refractivity contribution >= 4 is 67.7 Å². The van der Waals surface area contributed by atoms with Gasteiger partial charge in [-0.05, 0) is 108 Å². The fourth-order valence-electron chi connectivity index (χ4n) is 6.92. The van der Waals surface area contributed by atoms with Crippen LogP contribution in [-0.4, -0.2) is 52.5 Å². The molecule has 45 heavy (non-hydrogen) atoms. The van der Waals surface area contributed by atoms with E-state index >= 15 is 0 Å². The number of para-hydroxylation sites is 1. The summed E-state index contributed by atoms with van der Waals surface area (Å²) in [7, 11) is -9.64. The molecule has 0 aliphatic carbocycles. The van der Waals surface area contributed by atoms with Crippen molar-refractivity contribution in [1.82, 2.24) is 0 Å². The maximum atomic E-state index is 13.8. The normalized spacial score (nSPS) is 16.4. The van der Waals surface area contributed by atoms with Crippen LogP contribution in [0.5, 0.6) is 0 Å². The lowest BCUT2D eigenvalue weighted by atomic mass is 9.98. The van der Waals surface area contributed by atoms with Crippen LogP contribution in [0, 0.1) is 0 Å². The molecule has 0 aromatic heterocycles. The molecule has 3 aliphatic heterocycles. The number of aryl methyl sites for hydroxylation is 2. The third-order valence-electron chi connectivity index (χ3n) is 9.04. The van der Waals surface area contributed by atoms with Crippen molar-refractivity contribution in [1.29, 1.82) is 0 Å². The summed E-state index contributed by atoms with van der Waals surface area (Å²) in [6, 6.07) is 26.0. The van der Waals surface area contributed by atoms with Crippen LogP contribution in [0.15, 0.2) is 83.8 Å². The molecule has 232 valence electrons. The molecule has 0 bridgehead atoms. The van der Waals surface area contributed by atoms with Crippen LogP contribution in [0.2, 0.25) is 13.1 Å². The zero-order valence-corrected chi connectivity index (χ0v) is 27.5. The lowest BCUT2D eigenvalue weighted by Gasteiger charge is -2.37. The van der Waals surface area contributed by atoms with Gasteiger partial charge >= 0.3 is 10.6 Å². The Bertz CT molecular complexity index is 2070. The Morgan fingerprint density at radius 2 is 1.22 bits per heavy atom. The highest BCUT2D eigenvalue weighted by Gasteiger charge is 2.39. The highest BCUT2D eigenvalue weighted by molar-refractivity contribution is 7.85. The monoisotopic (exact) mass is 660 g/mol. The zero-order valence-electron chi connectivity index (χ0n) is 24.9. The zero-order chi connectivity index (χ0) is 32.1. The van der Waals surface area contributed by atoms with Crippen LogP contribution in [0.1, 0.15) is 39.9 Å². The van der Waals surface area contributed by atoms with E-state index in [1.54, 1.807) is 12.1 Å². The van der Waals surface area contributed by atoms with Crippen molar-refractivity contribution in [3.63, 3.8) is 0 Å². The van der Waals surface area contributed by atoms with Crippen LogP contribution in [0.4, 0.5) is 22.7 Å². The van der Waals surface area contributed by atoms with Gasteiger partial charge in [-0.1, -0.05) is 31.3 Å². The van der Waals surface area contributed by atoms with E-state index in [0.29, 0.717) is 0 Å². The van der Waals surface area contributed by atoms with Crippen molar-refractivity contribution in [2.24, 2.45) is 0 Å². The number of hydrogen-bond acceptors (Lipinski definition) is 8. The molecule has 0 spiro atoms. The van der Waals surface area contributed by atoms with E-state index in [-0.39, 0.29) is 10.7 Å². The Morgan fingerprint density at radius 1 is 0.711 bits per heavy atom. The summed E-state index contributed by atoms with van der Waals surface area (Å²) in [5.41, 5.74) is 8.20. The van der Waals surface area contributed by atoms with Gasteiger partial charge in [0.2, 0.25) is 0 Å². The minimum Gasteiger partial charge on any atom is -0.341 e. The van der Waals surface area contributed by atoms with Crippen LogP contribution in [0.3, 0.4) is 0 Å². The molecule has 4 aromatic rings. The number of fused-ring (bicyclic) bond motifs is 4. The molecule has 0 fully saturated rings. The molecule has 0 amide bonds. The van der Waals surface area contributed by atoms with Crippen LogP contribution in [-0.2, 0) is 33.6 Å². The number of nitrogens with zero attached hydrogens (tertiary/aromatic N) is 2. The minimum atomic E-state index is -4.26. The largest absolute Gasteiger partial charge is 0.425 e. The highest BCUT2D eigenvalue weighted by Crippen LogP contribution is 2.37. The first kappa shape index (κ1) is 30.9. The molecule has 0 saturated carbocycles.